The fourth-order valence-corrected chi connectivity index (χ4v) is 3.98. The van der Waals surface area contributed by atoms with Gasteiger partial charge >= 0.3 is 5.97 Å². The van der Waals surface area contributed by atoms with Crippen molar-refractivity contribution in [3.8, 4) is 0 Å². The van der Waals surface area contributed by atoms with E-state index in [-0.39, 0.29) is 22.3 Å². The Balaban J connectivity index is 1.49. The molecule has 178 valence electrons. The molecule has 3 rings (SSSR count). The predicted molar refractivity (Wildman–Crippen MR) is 127 cm³/mol. The van der Waals surface area contributed by atoms with Gasteiger partial charge in [-0.15, -0.1) is 0 Å². The van der Waals surface area contributed by atoms with Crippen LogP contribution in [0.1, 0.15) is 17.0 Å². The molecule has 3 aromatic rings. The van der Waals surface area contributed by atoms with Gasteiger partial charge in [-0.1, -0.05) is 35.3 Å². The summed E-state index contributed by atoms with van der Waals surface area (Å²) in [5.74, 6) is -0.806. The van der Waals surface area contributed by atoms with Crippen molar-refractivity contribution >= 4 is 57.0 Å². The van der Waals surface area contributed by atoms with E-state index in [2.05, 4.69) is 15.0 Å². The average molecular weight is 524 g/mol. The number of sulfonamides is 1. The standard InChI is InChI=1S/C22H19Cl2N3O6S/c1-14-18(23)11-19(24)22(26-14)27-20(28)13-33-21(29)9-6-15-4-7-17(8-5-15)34(30,31)25-12-16-3-2-10-32-16/h2-11,25H,12-13H2,1H3,(H,26,27,28)/b9-6+. The Morgan fingerprint density at radius 1 is 1.15 bits per heavy atom. The van der Waals surface area contributed by atoms with Crippen LogP contribution in [0.5, 0.6) is 0 Å². The Morgan fingerprint density at radius 3 is 2.56 bits per heavy atom. The number of ether oxygens (including phenoxy) is 1. The van der Waals surface area contributed by atoms with Gasteiger partial charge in [0.05, 0.1) is 33.4 Å². The molecule has 0 fully saturated rings. The zero-order valence-electron chi connectivity index (χ0n) is 17.7. The molecule has 0 aliphatic rings. The topological polar surface area (TPSA) is 128 Å². The number of benzene rings is 1. The first-order valence-corrected chi connectivity index (χ1v) is 12.0. The van der Waals surface area contributed by atoms with E-state index in [1.165, 1.54) is 42.7 Å². The van der Waals surface area contributed by atoms with Crippen LogP contribution >= 0.6 is 23.2 Å². The van der Waals surface area contributed by atoms with Crippen molar-refractivity contribution in [2.24, 2.45) is 0 Å². The minimum atomic E-state index is -3.73. The Morgan fingerprint density at radius 2 is 1.88 bits per heavy atom. The highest BCUT2D eigenvalue weighted by Crippen LogP contribution is 2.25. The number of hydrogen-bond acceptors (Lipinski definition) is 7. The van der Waals surface area contributed by atoms with Gasteiger partial charge in [0.1, 0.15) is 5.76 Å². The second-order valence-electron chi connectivity index (χ2n) is 6.85. The number of aryl methyl sites for hydroxylation is 1. The molecule has 0 unspecified atom stereocenters. The maximum atomic E-state index is 12.3. The van der Waals surface area contributed by atoms with Crippen molar-refractivity contribution < 1.29 is 27.2 Å². The molecule has 9 nitrogen and oxygen atoms in total. The average Bonchev–Trinajstić information content (AvgIpc) is 3.33. The number of esters is 1. The van der Waals surface area contributed by atoms with E-state index in [4.69, 9.17) is 32.4 Å². The summed E-state index contributed by atoms with van der Waals surface area (Å²) in [6.45, 7) is 1.12. The van der Waals surface area contributed by atoms with Crippen LogP contribution in [0, 0.1) is 6.92 Å². The summed E-state index contributed by atoms with van der Waals surface area (Å²) >= 11 is 11.9. The van der Waals surface area contributed by atoms with Crippen molar-refractivity contribution in [2.45, 2.75) is 18.4 Å². The number of carbonyl (C=O) groups is 2. The molecule has 0 radical (unpaired) electrons. The van der Waals surface area contributed by atoms with E-state index < -0.39 is 28.5 Å². The number of anilines is 1. The summed E-state index contributed by atoms with van der Waals surface area (Å²) in [6.07, 6.45) is 3.99. The lowest BCUT2D eigenvalue weighted by atomic mass is 10.2. The SMILES string of the molecule is Cc1nc(NC(=O)COC(=O)/C=C/c2ccc(S(=O)(=O)NCc3ccco3)cc2)c(Cl)cc1Cl. The summed E-state index contributed by atoms with van der Waals surface area (Å²) in [4.78, 5) is 28.0. The smallest absolute Gasteiger partial charge is 0.331 e. The van der Waals surface area contributed by atoms with Gasteiger partial charge in [0.25, 0.3) is 5.91 Å². The zero-order chi connectivity index (χ0) is 24.7. The number of pyridine rings is 1. The van der Waals surface area contributed by atoms with Gasteiger partial charge in [-0.2, -0.15) is 0 Å². The normalized spacial score (nSPS) is 11.5. The van der Waals surface area contributed by atoms with E-state index in [9.17, 15) is 18.0 Å². The monoisotopic (exact) mass is 523 g/mol. The van der Waals surface area contributed by atoms with Crippen LogP contribution < -0.4 is 10.0 Å². The quantitative estimate of drug-likeness (QED) is 0.320. The zero-order valence-corrected chi connectivity index (χ0v) is 20.1. The molecule has 0 bridgehead atoms. The molecule has 2 aromatic heterocycles. The molecular weight excluding hydrogens is 505 g/mol. The number of furan rings is 1. The highest BCUT2D eigenvalue weighted by molar-refractivity contribution is 7.89. The third kappa shape index (κ3) is 7.16. The highest BCUT2D eigenvalue weighted by Gasteiger charge is 2.14. The van der Waals surface area contributed by atoms with Gasteiger partial charge in [0, 0.05) is 6.08 Å². The van der Waals surface area contributed by atoms with Gasteiger partial charge in [0.15, 0.2) is 12.4 Å². The molecule has 12 heteroatoms. The van der Waals surface area contributed by atoms with Crippen molar-refractivity contribution in [1.82, 2.24) is 9.71 Å². The number of aromatic nitrogens is 1. The number of rotatable bonds is 9. The number of carbonyl (C=O) groups excluding carboxylic acids is 2. The number of nitrogens with one attached hydrogen (secondary N) is 2. The van der Waals surface area contributed by atoms with Crippen molar-refractivity contribution in [3.05, 3.63) is 81.9 Å². The first-order chi connectivity index (χ1) is 16.1. The van der Waals surface area contributed by atoms with Gasteiger partial charge in [-0.25, -0.2) is 22.9 Å². The van der Waals surface area contributed by atoms with Crippen molar-refractivity contribution in [3.63, 3.8) is 0 Å². The molecule has 2 heterocycles. The first-order valence-electron chi connectivity index (χ1n) is 9.73. The third-order valence-corrected chi connectivity index (χ3v) is 6.41. The minimum absolute atomic E-state index is 0.0241. The summed E-state index contributed by atoms with van der Waals surface area (Å²) in [7, 11) is -3.73. The number of hydrogen-bond donors (Lipinski definition) is 2. The summed E-state index contributed by atoms with van der Waals surface area (Å²) in [6, 6.07) is 10.6. The first kappa shape index (κ1) is 25.4. The lowest BCUT2D eigenvalue weighted by Gasteiger charge is -2.08. The fraction of sp³-hybridized carbons (Fsp3) is 0.136. The van der Waals surface area contributed by atoms with E-state index >= 15 is 0 Å². The molecular formula is C22H19Cl2N3O6S. The summed E-state index contributed by atoms with van der Waals surface area (Å²) in [5.41, 5.74) is 1.03. The molecule has 1 aromatic carbocycles. The molecule has 34 heavy (non-hydrogen) atoms. The van der Waals surface area contributed by atoms with Crippen molar-refractivity contribution in [2.75, 3.05) is 11.9 Å². The van der Waals surface area contributed by atoms with Crippen LogP contribution in [-0.4, -0.2) is 31.9 Å². The summed E-state index contributed by atoms with van der Waals surface area (Å²) in [5, 5.41) is 2.94. The van der Waals surface area contributed by atoms with Crippen molar-refractivity contribution in [1.29, 1.82) is 0 Å². The van der Waals surface area contributed by atoms with Crippen LogP contribution in [0.3, 0.4) is 0 Å². The van der Waals surface area contributed by atoms with Crippen LogP contribution in [-0.2, 0) is 30.9 Å². The van der Waals surface area contributed by atoms with Crippen LogP contribution in [0.2, 0.25) is 10.0 Å². The lowest BCUT2D eigenvalue weighted by Crippen LogP contribution is -2.22. The Bertz CT molecular complexity index is 1310. The molecule has 2 N–H and O–H groups in total. The molecule has 1 amide bonds. The molecule has 0 saturated carbocycles. The number of halogens is 2. The van der Waals surface area contributed by atoms with Gasteiger partial charge in [-0.3, -0.25) is 4.79 Å². The van der Waals surface area contributed by atoms with Gasteiger partial charge in [0.2, 0.25) is 10.0 Å². The number of amides is 1. The molecule has 0 aliphatic carbocycles. The second kappa shape index (κ2) is 11.3. The Labute approximate surface area is 205 Å². The summed E-state index contributed by atoms with van der Waals surface area (Å²) < 4.78 is 37.1. The van der Waals surface area contributed by atoms with E-state index in [0.717, 1.165) is 6.08 Å². The maximum Gasteiger partial charge on any atom is 0.331 e. The van der Waals surface area contributed by atoms with E-state index in [1.807, 2.05) is 0 Å². The van der Waals surface area contributed by atoms with Gasteiger partial charge in [-0.05, 0) is 48.9 Å². The molecule has 0 saturated heterocycles. The molecule has 0 aliphatic heterocycles. The van der Waals surface area contributed by atoms with Gasteiger partial charge < -0.3 is 14.5 Å². The molecule has 0 spiro atoms. The molecule has 0 atom stereocenters. The van der Waals surface area contributed by atoms with Crippen LogP contribution in [0.15, 0.2) is 64.1 Å². The largest absolute Gasteiger partial charge is 0.468 e. The number of nitrogens with zero attached hydrogens (tertiary/aromatic N) is 1. The highest BCUT2D eigenvalue weighted by atomic mass is 35.5. The predicted octanol–water partition coefficient (Wildman–Crippen LogP) is 3.96. The fourth-order valence-electron chi connectivity index (χ4n) is 2.58. The lowest BCUT2D eigenvalue weighted by molar-refractivity contribution is -0.142. The Hall–Kier alpha value is -3.18. The minimum Gasteiger partial charge on any atom is -0.468 e. The van der Waals surface area contributed by atoms with Crippen LogP contribution in [0.4, 0.5) is 5.82 Å². The maximum absolute atomic E-state index is 12.3. The second-order valence-corrected chi connectivity index (χ2v) is 9.43. The van der Waals surface area contributed by atoms with E-state index in [0.29, 0.717) is 22.0 Å². The van der Waals surface area contributed by atoms with Crippen LogP contribution in [0.25, 0.3) is 6.08 Å². The Kier molecular flexibility index (Phi) is 8.46. The third-order valence-electron chi connectivity index (χ3n) is 4.33. The van der Waals surface area contributed by atoms with E-state index in [1.54, 1.807) is 19.1 Å².